The molecule has 0 aromatic rings. The number of hydrogen-bond acceptors (Lipinski definition) is 3. The summed E-state index contributed by atoms with van der Waals surface area (Å²) in [5.74, 6) is 0. The minimum absolute atomic E-state index is 0.337. The van der Waals surface area contributed by atoms with Crippen molar-refractivity contribution in [3.63, 3.8) is 0 Å². The molecule has 0 aromatic heterocycles. The van der Waals surface area contributed by atoms with Crippen LogP contribution in [0.5, 0.6) is 0 Å². The molecule has 2 N–H and O–H groups in total. The smallest absolute Gasteiger partial charge is 0.0824 e. The largest absolute Gasteiger partial charge is 0.374 e. The quantitative estimate of drug-likeness (QED) is 0.435. The van der Waals surface area contributed by atoms with E-state index in [0.29, 0.717) is 6.10 Å². The number of nitrogens with one attached hydrogen (secondary N) is 2. The Balaban J connectivity index is 2.00. The molecular weight excluding hydrogens is 140 g/mol. The highest BCUT2D eigenvalue weighted by molar-refractivity contribution is 4.74. The molecule has 1 fully saturated rings. The predicted octanol–water partition coefficient (Wildman–Crippen LogP) is -0.250. The lowest BCUT2D eigenvalue weighted by Crippen LogP contribution is -2.43. The van der Waals surface area contributed by atoms with Crippen molar-refractivity contribution in [2.75, 3.05) is 32.8 Å². The Kier molecular flexibility index (Phi) is 4.19. The summed E-state index contributed by atoms with van der Waals surface area (Å²) in [5, 5.41) is 6.49. The first-order valence-corrected chi connectivity index (χ1v) is 4.07. The summed E-state index contributed by atoms with van der Waals surface area (Å²) >= 11 is 0. The van der Waals surface area contributed by atoms with Crippen LogP contribution in [-0.2, 0) is 4.74 Å². The molecule has 1 saturated heterocycles. The van der Waals surface area contributed by atoms with Gasteiger partial charge in [-0.05, 0) is 0 Å². The molecule has 0 amide bonds. The first-order valence-electron chi connectivity index (χ1n) is 4.07. The van der Waals surface area contributed by atoms with Crippen LogP contribution in [0.25, 0.3) is 0 Å². The summed E-state index contributed by atoms with van der Waals surface area (Å²) in [5.41, 5.74) is 0. The van der Waals surface area contributed by atoms with Gasteiger partial charge < -0.3 is 15.4 Å². The molecule has 1 atom stereocenters. The number of rotatable bonds is 4. The Morgan fingerprint density at radius 2 is 2.64 bits per heavy atom. The van der Waals surface area contributed by atoms with Gasteiger partial charge in [0.25, 0.3) is 0 Å². The molecular formula is C8H16N2O. The van der Waals surface area contributed by atoms with E-state index in [1.807, 2.05) is 6.08 Å². The summed E-state index contributed by atoms with van der Waals surface area (Å²) < 4.78 is 5.47. The van der Waals surface area contributed by atoms with Gasteiger partial charge in [-0.2, -0.15) is 0 Å². The molecule has 11 heavy (non-hydrogen) atoms. The Hall–Kier alpha value is -0.380. The molecule has 0 radical (unpaired) electrons. The maximum absolute atomic E-state index is 5.47. The minimum atomic E-state index is 0.337. The normalized spacial score (nSPS) is 24.9. The molecule has 1 unspecified atom stereocenters. The van der Waals surface area contributed by atoms with Crippen molar-refractivity contribution in [3.05, 3.63) is 12.7 Å². The van der Waals surface area contributed by atoms with Crippen LogP contribution in [-0.4, -0.2) is 38.9 Å². The fourth-order valence-electron chi connectivity index (χ4n) is 1.10. The van der Waals surface area contributed by atoms with Gasteiger partial charge >= 0.3 is 0 Å². The average Bonchev–Trinajstić information content (AvgIpc) is 2.07. The highest BCUT2D eigenvalue weighted by atomic mass is 16.5. The van der Waals surface area contributed by atoms with E-state index in [1.54, 1.807) is 0 Å². The second-order valence-electron chi connectivity index (χ2n) is 2.64. The molecule has 1 heterocycles. The van der Waals surface area contributed by atoms with Gasteiger partial charge in [-0.25, -0.2) is 0 Å². The first kappa shape index (κ1) is 8.71. The second kappa shape index (κ2) is 5.29. The first-order chi connectivity index (χ1) is 5.43. The summed E-state index contributed by atoms with van der Waals surface area (Å²) in [6.45, 7) is 8.18. The second-order valence-corrected chi connectivity index (χ2v) is 2.64. The molecule has 0 bridgehead atoms. The summed E-state index contributed by atoms with van der Waals surface area (Å²) in [6, 6.07) is 0. The summed E-state index contributed by atoms with van der Waals surface area (Å²) in [6.07, 6.45) is 2.19. The van der Waals surface area contributed by atoms with Crippen molar-refractivity contribution in [1.29, 1.82) is 0 Å². The number of morpholine rings is 1. The van der Waals surface area contributed by atoms with E-state index < -0.39 is 0 Å². The van der Waals surface area contributed by atoms with E-state index in [-0.39, 0.29) is 0 Å². The topological polar surface area (TPSA) is 33.3 Å². The van der Waals surface area contributed by atoms with Crippen LogP contribution in [0.2, 0.25) is 0 Å². The van der Waals surface area contributed by atoms with Gasteiger partial charge in [0, 0.05) is 26.2 Å². The lowest BCUT2D eigenvalue weighted by atomic mass is 10.3. The van der Waals surface area contributed by atoms with Gasteiger partial charge in [0.2, 0.25) is 0 Å². The fourth-order valence-corrected chi connectivity index (χ4v) is 1.10. The van der Waals surface area contributed by atoms with E-state index in [9.17, 15) is 0 Å². The lowest BCUT2D eigenvalue weighted by molar-refractivity contribution is 0.0298. The van der Waals surface area contributed by atoms with Crippen molar-refractivity contribution in [2.45, 2.75) is 6.10 Å². The zero-order valence-corrected chi connectivity index (χ0v) is 6.81. The van der Waals surface area contributed by atoms with Crippen LogP contribution in [0.15, 0.2) is 12.7 Å². The number of ether oxygens (including phenoxy) is 1. The van der Waals surface area contributed by atoms with E-state index in [0.717, 1.165) is 32.8 Å². The molecule has 0 spiro atoms. The molecule has 0 saturated carbocycles. The SMILES string of the molecule is C=CCNCC1CNCCO1. The van der Waals surface area contributed by atoms with Gasteiger partial charge in [0.05, 0.1) is 12.7 Å². The Morgan fingerprint density at radius 1 is 1.73 bits per heavy atom. The van der Waals surface area contributed by atoms with Gasteiger partial charge in [0.15, 0.2) is 0 Å². The zero-order chi connectivity index (χ0) is 7.94. The molecule has 3 nitrogen and oxygen atoms in total. The fraction of sp³-hybridized carbons (Fsp3) is 0.750. The zero-order valence-electron chi connectivity index (χ0n) is 6.81. The Bertz CT molecular complexity index is 111. The van der Waals surface area contributed by atoms with E-state index in [4.69, 9.17) is 4.74 Å². The summed E-state index contributed by atoms with van der Waals surface area (Å²) in [4.78, 5) is 0. The van der Waals surface area contributed by atoms with Gasteiger partial charge in [0.1, 0.15) is 0 Å². The summed E-state index contributed by atoms with van der Waals surface area (Å²) in [7, 11) is 0. The average molecular weight is 156 g/mol. The molecule has 0 aliphatic carbocycles. The van der Waals surface area contributed by atoms with Crippen LogP contribution in [0.1, 0.15) is 0 Å². The molecule has 3 heteroatoms. The van der Waals surface area contributed by atoms with Crippen molar-refractivity contribution in [3.8, 4) is 0 Å². The third kappa shape index (κ3) is 3.51. The van der Waals surface area contributed by atoms with Crippen molar-refractivity contribution < 1.29 is 4.74 Å². The molecule has 1 aliphatic rings. The van der Waals surface area contributed by atoms with E-state index >= 15 is 0 Å². The third-order valence-corrected chi connectivity index (χ3v) is 1.67. The van der Waals surface area contributed by atoms with E-state index in [2.05, 4.69) is 17.2 Å². The van der Waals surface area contributed by atoms with Gasteiger partial charge in [-0.3, -0.25) is 0 Å². The van der Waals surface area contributed by atoms with Crippen LogP contribution in [0.3, 0.4) is 0 Å². The highest BCUT2D eigenvalue weighted by Crippen LogP contribution is 1.92. The monoisotopic (exact) mass is 156 g/mol. The van der Waals surface area contributed by atoms with Crippen LogP contribution < -0.4 is 10.6 Å². The maximum Gasteiger partial charge on any atom is 0.0824 e. The van der Waals surface area contributed by atoms with Crippen LogP contribution in [0, 0.1) is 0 Å². The minimum Gasteiger partial charge on any atom is -0.374 e. The highest BCUT2D eigenvalue weighted by Gasteiger charge is 2.11. The molecule has 1 aliphatic heterocycles. The van der Waals surface area contributed by atoms with E-state index in [1.165, 1.54) is 0 Å². The Labute approximate surface area is 67.8 Å². The maximum atomic E-state index is 5.47. The van der Waals surface area contributed by atoms with Crippen LogP contribution >= 0.6 is 0 Å². The molecule has 64 valence electrons. The lowest BCUT2D eigenvalue weighted by Gasteiger charge is -2.23. The van der Waals surface area contributed by atoms with Crippen LogP contribution in [0.4, 0.5) is 0 Å². The van der Waals surface area contributed by atoms with Crippen molar-refractivity contribution in [2.24, 2.45) is 0 Å². The standard InChI is InChI=1S/C8H16N2O/c1-2-3-9-6-8-7-10-4-5-11-8/h2,8-10H,1,3-7H2. The molecule has 1 rings (SSSR count). The van der Waals surface area contributed by atoms with Crippen molar-refractivity contribution >= 4 is 0 Å². The molecule has 0 aromatic carbocycles. The van der Waals surface area contributed by atoms with Crippen molar-refractivity contribution in [1.82, 2.24) is 10.6 Å². The van der Waals surface area contributed by atoms with Gasteiger partial charge in [-0.1, -0.05) is 6.08 Å². The van der Waals surface area contributed by atoms with Gasteiger partial charge in [-0.15, -0.1) is 6.58 Å². The third-order valence-electron chi connectivity index (χ3n) is 1.67. The predicted molar refractivity (Wildman–Crippen MR) is 45.7 cm³/mol. The Morgan fingerprint density at radius 3 is 3.27 bits per heavy atom. The number of hydrogen-bond donors (Lipinski definition) is 2.